The molecule has 3 aromatic rings. The molecule has 0 aliphatic carbocycles. The predicted octanol–water partition coefficient (Wildman–Crippen LogP) is 2.14. The van der Waals surface area contributed by atoms with Gasteiger partial charge in [0.1, 0.15) is 5.52 Å². The molecule has 2 heterocycles. The zero-order chi connectivity index (χ0) is 12.5. The number of para-hydroxylation sites is 1. The lowest BCUT2D eigenvalue weighted by Gasteiger charge is -2.06. The molecule has 6 heteroatoms. The van der Waals surface area contributed by atoms with Gasteiger partial charge in [0.2, 0.25) is 0 Å². The van der Waals surface area contributed by atoms with Gasteiger partial charge in [-0.3, -0.25) is 4.84 Å². The second-order valence-electron chi connectivity index (χ2n) is 3.93. The number of aromatic nitrogens is 3. The van der Waals surface area contributed by atoms with Gasteiger partial charge in [0.25, 0.3) is 0 Å². The van der Waals surface area contributed by atoms with Crippen molar-refractivity contribution in [3.63, 3.8) is 0 Å². The van der Waals surface area contributed by atoms with E-state index in [1.807, 2.05) is 28.8 Å². The van der Waals surface area contributed by atoms with E-state index in [4.69, 9.17) is 16.9 Å². The van der Waals surface area contributed by atoms with Gasteiger partial charge in [-0.05, 0) is 6.07 Å². The van der Waals surface area contributed by atoms with Gasteiger partial charge >= 0.3 is 0 Å². The highest BCUT2D eigenvalue weighted by atomic mass is 35.5. The first-order valence-electron chi connectivity index (χ1n) is 5.56. The first-order valence-corrected chi connectivity index (χ1v) is 5.94. The number of pyridine rings is 1. The van der Waals surface area contributed by atoms with Crippen LogP contribution in [0.25, 0.3) is 21.9 Å². The van der Waals surface area contributed by atoms with Gasteiger partial charge in [0, 0.05) is 23.7 Å². The topological polar surface area (TPSA) is 63.0 Å². The van der Waals surface area contributed by atoms with E-state index in [1.54, 1.807) is 6.33 Å². The van der Waals surface area contributed by atoms with E-state index in [-0.39, 0.29) is 6.61 Å². The van der Waals surface area contributed by atoms with Gasteiger partial charge in [0.15, 0.2) is 5.82 Å². The second-order valence-corrected chi connectivity index (χ2v) is 4.12. The molecule has 0 aliphatic rings. The fraction of sp³-hybridized carbons (Fsp3) is 0.167. The fourth-order valence-corrected chi connectivity index (χ4v) is 2.26. The van der Waals surface area contributed by atoms with Gasteiger partial charge in [-0.1, -0.05) is 18.2 Å². The Morgan fingerprint density at radius 1 is 1.33 bits per heavy atom. The van der Waals surface area contributed by atoms with Crippen LogP contribution in [-0.2, 0) is 6.54 Å². The van der Waals surface area contributed by atoms with E-state index in [0.717, 1.165) is 16.4 Å². The highest BCUT2D eigenvalue weighted by molar-refractivity contribution is 6.26. The summed E-state index contributed by atoms with van der Waals surface area (Å²) in [6.45, 7) is 0.554. The van der Waals surface area contributed by atoms with Crippen LogP contribution in [-0.4, -0.2) is 26.2 Å². The van der Waals surface area contributed by atoms with Crippen LogP contribution in [0.15, 0.2) is 30.6 Å². The largest absolute Gasteiger partial charge is 0.395 e. The number of halogens is 1. The number of benzene rings is 1. The molecule has 0 unspecified atom stereocenters. The van der Waals surface area contributed by atoms with Crippen LogP contribution in [0.2, 0.25) is 0 Å². The quantitative estimate of drug-likeness (QED) is 0.710. The summed E-state index contributed by atoms with van der Waals surface area (Å²) in [5.74, 6) is 0.530. The highest BCUT2D eigenvalue weighted by Gasteiger charge is 2.12. The number of imidazole rings is 1. The number of nitrogens with zero attached hydrogens (tertiary/aromatic N) is 3. The Kier molecular flexibility index (Phi) is 2.77. The van der Waals surface area contributed by atoms with Crippen LogP contribution in [0.5, 0.6) is 0 Å². The van der Waals surface area contributed by atoms with Gasteiger partial charge < -0.3 is 9.67 Å². The van der Waals surface area contributed by atoms with E-state index < -0.39 is 0 Å². The summed E-state index contributed by atoms with van der Waals surface area (Å²) in [6, 6.07) is 7.78. The fourth-order valence-electron chi connectivity index (χ4n) is 2.13. The monoisotopic (exact) mass is 262 g/mol. The van der Waals surface area contributed by atoms with E-state index in [2.05, 4.69) is 14.8 Å². The van der Waals surface area contributed by atoms with Crippen molar-refractivity contribution in [2.45, 2.75) is 6.54 Å². The van der Waals surface area contributed by atoms with Crippen LogP contribution in [0.4, 0.5) is 5.82 Å². The first kappa shape index (κ1) is 11.3. The van der Waals surface area contributed by atoms with Gasteiger partial charge in [-0.15, -0.1) is 0 Å². The predicted molar refractivity (Wildman–Crippen MR) is 71.6 cm³/mol. The van der Waals surface area contributed by atoms with Crippen LogP contribution in [0.3, 0.4) is 0 Å². The average Bonchev–Trinajstić information content (AvgIpc) is 2.83. The van der Waals surface area contributed by atoms with Crippen molar-refractivity contribution in [3.05, 3.63) is 30.6 Å². The van der Waals surface area contributed by atoms with Gasteiger partial charge in [-0.2, -0.15) is 0 Å². The summed E-state index contributed by atoms with van der Waals surface area (Å²) in [6.07, 6.45) is 1.69. The molecule has 0 spiro atoms. The molecule has 0 atom stereocenters. The molecule has 2 N–H and O–H groups in total. The van der Waals surface area contributed by atoms with Crippen molar-refractivity contribution >= 4 is 39.5 Å². The Balaban J connectivity index is 2.44. The molecule has 2 aromatic heterocycles. The van der Waals surface area contributed by atoms with Gasteiger partial charge in [-0.25, -0.2) is 9.97 Å². The number of hydrogen-bond acceptors (Lipinski definition) is 4. The van der Waals surface area contributed by atoms with Crippen LogP contribution >= 0.6 is 11.8 Å². The molecule has 0 aliphatic heterocycles. The van der Waals surface area contributed by atoms with Crippen molar-refractivity contribution in [2.24, 2.45) is 0 Å². The third kappa shape index (κ3) is 1.60. The first-order chi connectivity index (χ1) is 8.85. The van der Waals surface area contributed by atoms with Crippen molar-refractivity contribution in [2.75, 3.05) is 11.4 Å². The summed E-state index contributed by atoms with van der Waals surface area (Å²) in [5.41, 5.74) is 2.47. The zero-order valence-corrected chi connectivity index (χ0v) is 10.2. The van der Waals surface area contributed by atoms with E-state index in [1.165, 1.54) is 0 Å². The summed E-state index contributed by atoms with van der Waals surface area (Å²) < 4.78 is 1.90. The number of nitrogens with one attached hydrogen (secondary N) is 1. The SMILES string of the molecule is OCCn1cnc2c(NCl)nc3ccccc3c21. The minimum atomic E-state index is 0.0613. The number of anilines is 1. The lowest BCUT2D eigenvalue weighted by atomic mass is 10.2. The Bertz CT molecular complexity index is 710. The van der Waals surface area contributed by atoms with Crippen molar-refractivity contribution in [1.82, 2.24) is 14.5 Å². The molecule has 0 bridgehead atoms. The zero-order valence-electron chi connectivity index (χ0n) is 9.47. The number of rotatable bonds is 3. The maximum Gasteiger partial charge on any atom is 0.169 e. The van der Waals surface area contributed by atoms with E-state index >= 15 is 0 Å². The van der Waals surface area contributed by atoms with E-state index in [9.17, 15) is 0 Å². The van der Waals surface area contributed by atoms with Crippen LogP contribution in [0.1, 0.15) is 0 Å². The normalized spacial score (nSPS) is 11.2. The molecule has 18 heavy (non-hydrogen) atoms. The van der Waals surface area contributed by atoms with Crippen molar-refractivity contribution in [3.8, 4) is 0 Å². The lowest BCUT2D eigenvalue weighted by Crippen LogP contribution is -2.01. The summed E-state index contributed by atoms with van der Waals surface area (Å²) in [7, 11) is 0. The number of fused-ring (bicyclic) bond motifs is 3. The third-order valence-electron chi connectivity index (χ3n) is 2.88. The molecule has 3 rings (SSSR count). The Morgan fingerprint density at radius 3 is 2.94 bits per heavy atom. The summed E-state index contributed by atoms with van der Waals surface area (Å²) in [5, 5.41) is 10.1. The summed E-state index contributed by atoms with van der Waals surface area (Å²) in [4.78, 5) is 11.3. The number of hydrogen-bond donors (Lipinski definition) is 2. The van der Waals surface area contributed by atoms with Crippen molar-refractivity contribution in [1.29, 1.82) is 0 Å². The minimum Gasteiger partial charge on any atom is -0.395 e. The molecule has 92 valence electrons. The molecule has 0 amide bonds. The smallest absolute Gasteiger partial charge is 0.169 e. The van der Waals surface area contributed by atoms with Gasteiger partial charge in [0.05, 0.1) is 24.0 Å². The highest BCUT2D eigenvalue weighted by Crippen LogP contribution is 2.28. The second kappa shape index (κ2) is 4.44. The third-order valence-corrected chi connectivity index (χ3v) is 3.06. The molecule has 5 nitrogen and oxygen atoms in total. The van der Waals surface area contributed by atoms with Crippen molar-refractivity contribution < 1.29 is 5.11 Å². The Morgan fingerprint density at radius 2 is 2.17 bits per heavy atom. The molecule has 0 radical (unpaired) electrons. The average molecular weight is 263 g/mol. The number of aliphatic hydroxyl groups excluding tert-OH is 1. The summed E-state index contributed by atoms with van der Waals surface area (Å²) >= 11 is 5.68. The lowest BCUT2D eigenvalue weighted by molar-refractivity contribution is 0.278. The maximum absolute atomic E-state index is 9.09. The van der Waals surface area contributed by atoms with E-state index in [0.29, 0.717) is 17.9 Å². The number of aliphatic hydroxyl groups is 1. The Labute approximate surface area is 108 Å². The standard InChI is InChI=1S/C12H11ClN4O/c13-16-12-10-11(17(5-6-18)7-14-10)8-3-1-2-4-9(8)15-12/h1-4,7,18H,5-6H2,(H,15,16). The van der Waals surface area contributed by atoms with Crippen LogP contribution in [0, 0.1) is 0 Å². The molecule has 0 saturated heterocycles. The maximum atomic E-state index is 9.09. The van der Waals surface area contributed by atoms with Crippen LogP contribution < -0.4 is 4.84 Å². The molecule has 0 saturated carbocycles. The molecular weight excluding hydrogens is 252 g/mol. The molecule has 0 fully saturated rings. The Hall–Kier alpha value is -1.85. The molecular formula is C12H11ClN4O. The molecule has 1 aromatic carbocycles. The minimum absolute atomic E-state index is 0.0613.